The predicted octanol–water partition coefficient (Wildman–Crippen LogP) is 14.2. The summed E-state index contributed by atoms with van der Waals surface area (Å²) in [6, 6.07) is 67.0. The fourth-order valence-corrected chi connectivity index (χ4v) is 8.87. The Balaban J connectivity index is 1.10. The van der Waals surface area contributed by atoms with Crippen LogP contribution in [0.1, 0.15) is 0 Å². The zero-order chi connectivity index (χ0) is 32.3. The van der Waals surface area contributed by atoms with E-state index in [0.717, 1.165) is 0 Å². The molecule has 0 atom stereocenters. The minimum absolute atomic E-state index is 1.23. The van der Waals surface area contributed by atoms with Gasteiger partial charge in [-0.2, -0.15) is 0 Å². The minimum Gasteiger partial charge on any atom is -0.135 e. The third-order valence-electron chi connectivity index (χ3n) is 10.1. The second-order valence-corrected chi connectivity index (χ2v) is 13.9. The van der Waals surface area contributed by atoms with E-state index in [1.165, 1.54) is 97.0 Å². The maximum absolute atomic E-state index is 2.36. The van der Waals surface area contributed by atoms with E-state index in [1.807, 2.05) is 11.3 Å². The zero-order valence-electron chi connectivity index (χ0n) is 26.7. The molecule has 0 aliphatic rings. The van der Waals surface area contributed by atoms with E-state index < -0.39 is 0 Å². The normalized spacial score (nSPS) is 11.7. The van der Waals surface area contributed by atoms with Gasteiger partial charge in [0.25, 0.3) is 0 Å². The van der Waals surface area contributed by atoms with Gasteiger partial charge in [-0.25, -0.2) is 0 Å². The van der Waals surface area contributed by atoms with E-state index in [2.05, 4.69) is 182 Å². The molecule has 49 heavy (non-hydrogen) atoms. The highest BCUT2D eigenvalue weighted by Crippen LogP contribution is 2.44. The number of rotatable bonds is 4. The Bertz CT molecular complexity index is 2790. The van der Waals surface area contributed by atoms with Gasteiger partial charge >= 0.3 is 0 Å². The van der Waals surface area contributed by atoms with Gasteiger partial charge in [-0.3, -0.25) is 0 Å². The van der Waals surface area contributed by atoms with Crippen molar-refractivity contribution < 1.29 is 0 Å². The van der Waals surface area contributed by atoms with Gasteiger partial charge in [-0.15, -0.1) is 11.3 Å². The summed E-state index contributed by atoms with van der Waals surface area (Å²) >= 11 is 1.87. The Morgan fingerprint density at radius 1 is 0.265 bits per heavy atom. The van der Waals surface area contributed by atoms with Gasteiger partial charge in [0.2, 0.25) is 0 Å². The molecule has 1 heterocycles. The van der Waals surface area contributed by atoms with Crippen molar-refractivity contribution in [2.75, 3.05) is 0 Å². The first kappa shape index (κ1) is 28.0. The fourth-order valence-electron chi connectivity index (χ4n) is 7.78. The molecule has 1 heteroatoms. The number of benzene rings is 9. The van der Waals surface area contributed by atoms with Crippen LogP contribution in [0.5, 0.6) is 0 Å². The molecule has 9 aromatic carbocycles. The van der Waals surface area contributed by atoms with E-state index in [9.17, 15) is 0 Å². The molecule has 0 saturated carbocycles. The molecule has 0 unspecified atom stereocenters. The van der Waals surface area contributed by atoms with Crippen molar-refractivity contribution in [3.8, 4) is 44.5 Å². The molecule has 0 bridgehead atoms. The summed E-state index contributed by atoms with van der Waals surface area (Å²) in [5.74, 6) is 0. The molecule has 0 radical (unpaired) electrons. The van der Waals surface area contributed by atoms with Gasteiger partial charge in [0.05, 0.1) is 0 Å². The van der Waals surface area contributed by atoms with Crippen molar-refractivity contribution in [1.82, 2.24) is 0 Å². The van der Waals surface area contributed by atoms with Crippen LogP contribution in [0.2, 0.25) is 0 Å². The van der Waals surface area contributed by atoms with Crippen LogP contribution < -0.4 is 0 Å². The predicted molar refractivity (Wildman–Crippen MR) is 214 cm³/mol. The lowest BCUT2D eigenvalue weighted by atomic mass is 9.85. The third kappa shape index (κ3) is 4.58. The second-order valence-electron chi connectivity index (χ2n) is 12.8. The van der Waals surface area contributed by atoms with Crippen molar-refractivity contribution in [2.24, 2.45) is 0 Å². The van der Waals surface area contributed by atoms with E-state index in [4.69, 9.17) is 0 Å². The van der Waals surface area contributed by atoms with Gasteiger partial charge in [-0.05, 0) is 95.0 Å². The summed E-state index contributed by atoms with van der Waals surface area (Å²) in [5, 5.41) is 10.3. The van der Waals surface area contributed by atoms with Crippen LogP contribution in [-0.2, 0) is 0 Å². The van der Waals surface area contributed by atoms with Crippen molar-refractivity contribution in [2.45, 2.75) is 0 Å². The third-order valence-corrected chi connectivity index (χ3v) is 11.2. The summed E-state index contributed by atoms with van der Waals surface area (Å²) in [6.45, 7) is 0. The van der Waals surface area contributed by atoms with Crippen LogP contribution in [0.25, 0.3) is 97.0 Å². The van der Waals surface area contributed by atoms with E-state index in [1.54, 1.807) is 0 Å². The first-order valence-electron chi connectivity index (χ1n) is 16.8. The van der Waals surface area contributed by atoms with Gasteiger partial charge < -0.3 is 0 Å². The Hall–Kier alpha value is -6.02. The maximum Gasteiger partial charge on any atom is 0.0355 e. The van der Waals surface area contributed by atoms with E-state index >= 15 is 0 Å². The highest BCUT2D eigenvalue weighted by molar-refractivity contribution is 7.25. The lowest BCUT2D eigenvalue weighted by Gasteiger charge is -2.18. The molecule has 1 aromatic heterocycles. The molecule has 0 amide bonds. The summed E-state index contributed by atoms with van der Waals surface area (Å²) < 4.78 is 2.68. The highest BCUT2D eigenvalue weighted by atomic mass is 32.1. The van der Waals surface area contributed by atoms with Crippen LogP contribution >= 0.6 is 11.3 Å². The van der Waals surface area contributed by atoms with Gasteiger partial charge in [0, 0.05) is 20.2 Å². The molecule has 0 aliphatic heterocycles. The Morgan fingerprint density at radius 3 is 1.35 bits per heavy atom. The monoisotopic (exact) mass is 638 g/mol. The number of hydrogen-bond donors (Lipinski definition) is 0. The molecule has 0 aliphatic carbocycles. The molecular formula is C48H30S. The summed E-state index contributed by atoms with van der Waals surface area (Å²) in [4.78, 5) is 0. The Labute approximate surface area is 289 Å². The van der Waals surface area contributed by atoms with Crippen LogP contribution in [0.4, 0.5) is 0 Å². The molecule has 0 nitrogen and oxygen atoms in total. The molecule has 0 spiro atoms. The van der Waals surface area contributed by atoms with Gasteiger partial charge in [0.1, 0.15) is 0 Å². The minimum atomic E-state index is 1.23. The van der Waals surface area contributed by atoms with Crippen LogP contribution in [0, 0.1) is 0 Å². The number of hydrogen-bond acceptors (Lipinski definition) is 1. The lowest BCUT2D eigenvalue weighted by molar-refractivity contribution is 1.62. The van der Waals surface area contributed by atoms with Crippen LogP contribution in [0.15, 0.2) is 182 Å². The second kappa shape index (κ2) is 11.3. The molecule has 10 rings (SSSR count). The smallest absolute Gasteiger partial charge is 0.0355 e. The summed E-state index contributed by atoms with van der Waals surface area (Å²) in [6.07, 6.45) is 0. The highest BCUT2D eigenvalue weighted by Gasteiger charge is 2.17. The maximum atomic E-state index is 2.36. The topological polar surface area (TPSA) is 0 Å². The SMILES string of the molecule is c1ccc2c(-c3ccc(-c4c5ccccc5c(-c5ccc(-c6ccc7sc8ccccc8c7c6)cc5)c5ccccc45)cc3)cccc2c1. The standard InChI is InChI=1S/C48H30S/c1-2-12-37-32(10-1)11-9-18-38(37)33-22-26-35(27-23-33)48-42-16-5-3-14-40(42)47(41-15-4-6-17-43(41)48)34-24-20-31(21-25-34)36-28-29-46-44(30-36)39-13-7-8-19-45(39)49-46/h1-30H. The first-order chi connectivity index (χ1) is 24.3. The summed E-state index contributed by atoms with van der Waals surface area (Å²) in [5.41, 5.74) is 10.0. The van der Waals surface area contributed by atoms with E-state index in [-0.39, 0.29) is 0 Å². The number of fused-ring (bicyclic) bond motifs is 6. The van der Waals surface area contributed by atoms with Gasteiger partial charge in [0.15, 0.2) is 0 Å². The van der Waals surface area contributed by atoms with Crippen molar-refractivity contribution in [3.63, 3.8) is 0 Å². The lowest BCUT2D eigenvalue weighted by Crippen LogP contribution is -1.91. The average Bonchev–Trinajstić information content (AvgIpc) is 3.55. The average molecular weight is 639 g/mol. The first-order valence-corrected chi connectivity index (χ1v) is 17.7. The Kier molecular flexibility index (Phi) is 6.47. The Morgan fingerprint density at radius 2 is 0.714 bits per heavy atom. The summed E-state index contributed by atoms with van der Waals surface area (Å²) in [7, 11) is 0. The van der Waals surface area contributed by atoms with Crippen LogP contribution in [0.3, 0.4) is 0 Å². The van der Waals surface area contributed by atoms with Crippen LogP contribution in [-0.4, -0.2) is 0 Å². The fraction of sp³-hybridized carbons (Fsp3) is 0. The van der Waals surface area contributed by atoms with E-state index in [0.29, 0.717) is 0 Å². The van der Waals surface area contributed by atoms with Crippen molar-refractivity contribution >= 4 is 63.8 Å². The van der Waals surface area contributed by atoms with Gasteiger partial charge in [-0.1, -0.05) is 164 Å². The van der Waals surface area contributed by atoms with Crippen molar-refractivity contribution in [3.05, 3.63) is 182 Å². The molecule has 0 fully saturated rings. The zero-order valence-corrected chi connectivity index (χ0v) is 27.5. The number of thiophene rings is 1. The molecule has 0 N–H and O–H groups in total. The molecule has 228 valence electrons. The van der Waals surface area contributed by atoms with Crippen molar-refractivity contribution in [1.29, 1.82) is 0 Å². The molecular weight excluding hydrogens is 609 g/mol. The largest absolute Gasteiger partial charge is 0.135 e. The molecule has 0 saturated heterocycles. The molecule has 10 aromatic rings. The quantitative estimate of drug-likeness (QED) is 0.168.